The van der Waals surface area contributed by atoms with Gasteiger partial charge in [-0.25, -0.2) is 4.79 Å². The molecule has 27 heavy (non-hydrogen) atoms. The average Bonchev–Trinajstić information content (AvgIpc) is 3.14. The number of carbonyl (C=O) groups excluding carboxylic acids is 1. The summed E-state index contributed by atoms with van der Waals surface area (Å²) >= 11 is 0. The molecule has 0 saturated carbocycles. The highest BCUT2D eigenvalue weighted by Gasteiger charge is 2.24. The van der Waals surface area contributed by atoms with E-state index in [0.29, 0.717) is 19.0 Å². The average molecular weight is 371 g/mol. The summed E-state index contributed by atoms with van der Waals surface area (Å²) in [6.07, 6.45) is 6.45. The number of aromatic nitrogens is 2. The molecule has 0 bridgehead atoms. The molecule has 0 unspecified atom stereocenters. The molecule has 1 aliphatic rings. The predicted octanol–water partition coefficient (Wildman–Crippen LogP) is 3.59. The minimum atomic E-state index is -0.175. The van der Waals surface area contributed by atoms with Crippen molar-refractivity contribution in [2.24, 2.45) is 0 Å². The number of urea groups is 1. The Hall–Kier alpha value is -2.41. The van der Waals surface area contributed by atoms with Gasteiger partial charge < -0.3 is 15.2 Å². The van der Waals surface area contributed by atoms with Gasteiger partial charge in [0.15, 0.2) is 5.82 Å². The van der Waals surface area contributed by atoms with Gasteiger partial charge in [0.25, 0.3) is 0 Å². The van der Waals surface area contributed by atoms with Crippen molar-refractivity contribution in [2.75, 3.05) is 18.4 Å². The monoisotopic (exact) mass is 371 g/mol. The number of hydrogen-bond donors (Lipinski definition) is 2. The standard InChI is InChI=1S/C20H29N5O2/c1-2-3-12-18-23-19(27-24-18)15-25-13-8-7-11-17(25)14-21-20(26)22-16-9-5-4-6-10-16/h4-6,9-10,17H,2-3,7-8,11-15H2,1H3,(H2,21,22,26)/t17-/m1/s1. The van der Waals surface area contributed by atoms with Crippen LogP contribution in [0.1, 0.15) is 50.7 Å². The Labute approximate surface area is 160 Å². The molecule has 1 atom stereocenters. The van der Waals surface area contributed by atoms with Gasteiger partial charge in [0.1, 0.15) is 0 Å². The van der Waals surface area contributed by atoms with Crippen molar-refractivity contribution in [3.05, 3.63) is 42.0 Å². The molecule has 7 nitrogen and oxygen atoms in total. The molecule has 1 saturated heterocycles. The van der Waals surface area contributed by atoms with Crippen LogP contribution in [0.2, 0.25) is 0 Å². The van der Waals surface area contributed by atoms with E-state index < -0.39 is 0 Å². The maximum absolute atomic E-state index is 12.1. The van der Waals surface area contributed by atoms with Crippen molar-refractivity contribution in [1.29, 1.82) is 0 Å². The van der Waals surface area contributed by atoms with Gasteiger partial charge in [-0.3, -0.25) is 4.90 Å². The van der Waals surface area contributed by atoms with E-state index in [1.807, 2.05) is 30.3 Å². The van der Waals surface area contributed by atoms with Gasteiger partial charge in [-0.05, 0) is 37.9 Å². The van der Waals surface area contributed by atoms with Crippen LogP contribution < -0.4 is 10.6 Å². The SMILES string of the molecule is CCCCc1noc(CN2CCCC[C@@H]2CNC(=O)Nc2ccccc2)n1. The van der Waals surface area contributed by atoms with E-state index in [9.17, 15) is 4.79 Å². The van der Waals surface area contributed by atoms with E-state index in [2.05, 4.69) is 32.6 Å². The number of rotatable bonds is 8. The Kier molecular flexibility index (Phi) is 7.21. The second-order valence-electron chi connectivity index (χ2n) is 7.03. The molecule has 2 heterocycles. The third kappa shape index (κ3) is 6.06. The fraction of sp³-hybridized carbons (Fsp3) is 0.550. The van der Waals surface area contributed by atoms with Crippen LogP contribution in [0.3, 0.4) is 0 Å². The van der Waals surface area contributed by atoms with Crippen LogP contribution in [-0.4, -0.2) is 40.2 Å². The first-order chi connectivity index (χ1) is 13.2. The zero-order valence-electron chi connectivity index (χ0n) is 16.0. The van der Waals surface area contributed by atoms with E-state index in [-0.39, 0.29) is 12.1 Å². The number of hydrogen-bond acceptors (Lipinski definition) is 5. The lowest BCUT2D eigenvalue weighted by Gasteiger charge is -2.34. The second kappa shape index (κ2) is 10.1. The van der Waals surface area contributed by atoms with Crippen LogP contribution in [0.5, 0.6) is 0 Å². The summed E-state index contributed by atoms with van der Waals surface area (Å²) in [6, 6.07) is 9.58. The number of benzene rings is 1. The van der Waals surface area contributed by atoms with Crippen molar-refractivity contribution in [3.63, 3.8) is 0 Å². The fourth-order valence-electron chi connectivity index (χ4n) is 3.37. The summed E-state index contributed by atoms with van der Waals surface area (Å²) in [4.78, 5) is 19.0. The van der Waals surface area contributed by atoms with Crippen LogP contribution in [0, 0.1) is 0 Å². The number of likely N-dealkylation sites (tertiary alicyclic amines) is 1. The molecule has 0 radical (unpaired) electrons. The van der Waals surface area contributed by atoms with Crippen molar-refractivity contribution in [3.8, 4) is 0 Å². The number of nitrogens with one attached hydrogen (secondary N) is 2. The van der Waals surface area contributed by atoms with Gasteiger partial charge in [-0.1, -0.05) is 43.1 Å². The smallest absolute Gasteiger partial charge is 0.319 e. The molecular formula is C20H29N5O2. The molecule has 0 spiro atoms. The summed E-state index contributed by atoms with van der Waals surface area (Å²) in [5.41, 5.74) is 0.793. The van der Waals surface area contributed by atoms with Gasteiger partial charge in [-0.2, -0.15) is 4.98 Å². The molecule has 1 fully saturated rings. The van der Waals surface area contributed by atoms with Crippen molar-refractivity contribution in [2.45, 2.75) is 58.0 Å². The van der Waals surface area contributed by atoms with Crippen molar-refractivity contribution >= 4 is 11.7 Å². The largest absolute Gasteiger partial charge is 0.338 e. The van der Waals surface area contributed by atoms with E-state index in [1.54, 1.807) is 0 Å². The maximum Gasteiger partial charge on any atom is 0.319 e. The Bertz CT molecular complexity index is 703. The summed E-state index contributed by atoms with van der Waals surface area (Å²) in [7, 11) is 0. The van der Waals surface area contributed by atoms with E-state index >= 15 is 0 Å². The molecule has 1 aliphatic heterocycles. The van der Waals surface area contributed by atoms with Crippen LogP contribution in [0.4, 0.5) is 10.5 Å². The quantitative estimate of drug-likeness (QED) is 0.741. The number of piperidine rings is 1. The first-order valence-corrected chi connectivity index (χ1v) is 9.90. The van der Waals surface area contributed by atoms with E-state index in [1.165, 1.54) is 6.42 Å². The lowest BCUT2D eigenvalue weighted by atomic mass is 10.0. The number of carbonyl (C=O) groups is 1. The summed E-state index contributed by atoms with van der Waals surface area (Å²) in [5, 5.41) is 9.92. The molecule has 0 aliphatic carbocycles. The third-order valence-electron chi connectivity index (χ3n) is 4.88. The highest BCUT2D eigenvalue weighted by Crippen LogP contribution is 2.19. The van der Waals surface area contributed by atoms with Gasteiger partial charge in [0, 0.05) is 24.7 Å². The summed E-state index contributed by atoms with van der Waals surface area (Å²) < 4.78 is 5.41. The molecule has 3 rings (SSSR count). The van der Waals surface area contributed by atoms with Crippen LogP contribution >= 0.6 is 0 Å². The molecule has 7 heteroatoms. The normalized spacial score (nSPS) is 17.6. The minimum Gasteiger partial charge on any atom is -0.338 e. The highest BCUT2D eigenvalue weighted by atomic mass is 16.5. The first-order valence-electron chi connectivity index (χ1n) is 9.90. The van der Waals surface area contributed by atoms with Crippen molar-refractivity contribution < 1.29 is 9.32 Å². The van der Waals surface area contributed by atoms with Crippen molar-refractivity contribution in [1.82, 2.24) is 20.4 Å². The van der Waals surface area contributed by atoms with Crippen LogP contribution in [0.15, 0.2) is 34.9 Å². The van der Waals surface area contributed by atoms with Crippen LogP contribution in [-0.2, 0) is 13.0 Å². The molecule has 2 amide bonds. The molecule has 2 N–H and O–H groups in total. The Morgan fingerprint density at radius 1 is 1.30 bits per heavy atom. The molecule has 146 valence electrons. The summed E-state index contributed by atoms with van der Waals surface area (Å²) in [6.45, 7) is 4.39. The third-order valence-corrected chi connectivity index (χ3v) is 4.88. The number of para-hydroxylation sites is 1. The molecule has 1 aromatic heterocycles. The predicted molar refractivity (Wildman–Crippen MR) is 104 cm³/mol. The minimum absolute atomic E-state index is 0.175. The van der Waals surface area contributed by atoms with Gasteiger partial charge >= 0.3 is 6.03 Å². The number of anilines is 1. The lowest BCUT2D eigenvalue weighted by Crippen LogP contribution is -2.47. The molecule has 1 aromatic carbocycles. The number of aryl methyl sites for hydroxylation is 1. The molecule has 2 aromatic rings. The zero-order chi connectivity index (χ0) is 18.9. The van der Waals surface area contributed by atoms with Gasteiger partial charge in [0.2, 0.25) is 5.89 Å². The van der Waals surface area contributed by atoms with Gasteiger partial charge in [-0.15, -0.1) is 0 Å². The summed E-state index contributed by atoms with van der Waals surface area (Å²) in [5.74, 6) is 1.46. The second-order valence-corrected chi connectivity index (χ2v) is 7.03. The maximum atomic E-state index is 12.1. The number of unbranched alkanes of at least 4 members (excludes halogenated alkanes) is 1. The zero-order valence-corrected chi connectivity index (χ0v) is 16.0. The van der Waals surface area contributed by atoms with Gasteiger partial charge in [0.05, 0.1) is 6.54 Å². The topological polar surface area (TPSA) is 83.3 Å². The Morgan fingerprint density at radius 3 is 2.96 bits per heavy atom. The van der Waals surface area contributed by atoms with Crippen LogP contribution in [0.25, 0.3) is 0 Å². The Balaban J connectivity index is 1.49. The number of amides is 2. The Morgan fingerprint density at radius 2 is 2.15 bits per heavy atom. The number of nitrogens with zero attached hydrogens (tertiary/aromatic N) is 3. The lowest BCUT2D eigenvalue weighted by molar-refractivity contribution is 0.123. The molecular weight excluding hydrogens is 342 g/mol. The fourth-order valence-corrected chi connectivity index (χ4v) is 3.37. The van der Waals surface area contributed by atoms with E-state index in [4.69, 9.17) is 4.52 Å². The highest BCUT2D eigenvalue weighted by molar-refractivity contribution is 5.89. The van der Waals surface area contributed by atoms with E-state index in [0.717, 1.165) is 50.2 Å². The first kappa shape index (κ1) is 19.4.